The van der Waals surface area contributed by atoms with Crippen LogP contribution in [0.3, 0.4) is 0 Å². The van der Waals surface area contributed by atoms with Crippen molar-refractivity contribution in [2.24, 2.45) is 0 Å². The van der Waals surface area contributed by atoms with Crippen molar-refractivity contribution in [1.29, 1.82) is 0 Å². The molecule has 5 nitrogen and oxygen atoms in total. The minimum absolute atomic E-state index is 0.243. The summed E-state index contributed by atoms with van der Waals surface area (Å²) in [6.07, 6.45) is -0.272. The molecular weight excluding hydrogens is 328 g/mol. The van der Waals surface area contributed by atoms with Gasteiger partial charge in [0.1, 0.15) is 5.69 Å². The fourth-order valence-electron chi connectivity index (χ4n) is 2.83. The normalized spacial score (nSPS) is 11.0. The average Bonchev–Trinajstić information content (AvgIpc) is 2.83. The first-order chi connectivity index (χ1) is 11.3. The van der Waals surface area contributed by atoms with E-state index in [1.54, 1.807) is 24.3 Å². The summed E-state index contributed by atoms with van der Waals surface area (Å²) < 4.78 is 0. The smallest absolute Gasteiger partial charge is 0.307 e. The van der Waals surface area contributed by atoms with E-state index in [9.17, 15) is 14.7 Å². The summed E-state index contributed by atoms with van der Waals surface area (Å²) in [5, 5.41) is 10.3. The van der Waals surface area contributed by atoms with Crippen LogP contribution >= 0.6 is 11.6 Å². The van der Waals surface area contributed by atoms with Crippen molar-refractivity contribution >= 4 is 34.3 Å². The highest BCUT2D eigenvalue weighted by molar-refractivity contribution is 6.31. The number of pyridine rings is 1. The van der Waals surface area contributed by atoms with Crippen molar-refractivity contribution in [3.63, 3.8) is 0 Å². The number of ketones is 1. The number of rotatable bonds is 4. The van der Waals surface area contributed by atoms with Crippen LogP contribution in [0.1, 0.15) is 33.0 Å². The number of aryl methyl sites for hydroxylation is 2. The molecule has 2 heterocycles. The summed E-state index contributed by atoms with van der Waals surface area (Å²) in [6, 6.07) is 8.65. The Morgan fingerprint density at radius 3 is 2.62 bits per heavy atom. The first kappa shape index (κ1) is 16.2. The molecule has 24 heavy (non-hydrogen) atoms. The number of carboxylic acids is 1. The van der Waals surface area contributed by atoms with Gasteiger partial charge in [-0.15, -0.1) is 0 Å². The Balaban J connectivity index is 2.20. The van der Waals surface area contributed by atoms with E-state index >= 15 is 0 Å². The van der Waals surface area contributed by atoms with Crippen LogP contribution in [-0.4, -0.2) is 26.8 Å². The molecule has 3 rings (SSSR count). The van der Waals surface area contributed by atoms with Gasteiger partial charge in [-0.2, -0.15) is 0 Å². The summed E-state index contributed by atoms with van der Waals surface area (Å²) in [5.41, 5.74) is 3.28. The van der Waals surface area contributed by atoms with Crippen LogP contribution in [0.5, 0.6) is 0 Å². The second-order valence-corrected chi connectivity index (χ2v) is 6.18. The largest absolute Gasteiger partial charge is 0.481 e. The van der Waals surface area contributed by atoms with E-state index in [1.165, 1.54) is 0 Å². The number of aliphatic carboxylic acids is 1. The van der Waals surface area contributed by atoms with Crippen LogP contribution in [0.4, 0.5) is 0 Å². The monoisotopic (exact) mass is 342 g/mol. The predicted molar refractivity (Wildman–Crippen MR) is 91.8 cm³/mol. The number of nitrogens with one attached hydrogen (secondary N) is 1. The molecule has 2 N–H and O–H groups in total. The van der Waals surface area contributed by atoms with Gasteiger partial charge in [0, 0.05) is 27.2 Å². The maximum Gasteiger partial charge on any atom is 0.307 e. The highest BCUT2D eigenvalue weighted by Crippen LogP contribution is 2.27. The van der Waals surface area contributed by atoms with Gasteiger partial charge in [-0.05, 0) is 49.7 Å². The van der Waals surface area contributed by atoms with Crippen LogP contribution in [0, 0.1) is 13.8 Å². The topological polar surface area (TPSA) is 83.0 Å². The average molecular weight is 343 g/mol. The van der Waals surface area contributed by atoms with E-state index in [0.29, 0.717) is 21.5 Å². The van der Waals surface area contributed by atoms with Crippen molar-refractivity contribution < 1.29 is 14.7 Å². The van der Waals surface area contributed by atoms with Gasteiger partial charge in [-0.1, -0.05) is 11.6 Å². The van der Waals surface area contributed by atoms with E-state index in [2.05, 4.69) is 9.97 Å². The predicted octanol–water partition coefficient (Wildman–Crippen LogP) is 3.69. The number of nitrogens with zero attached hydrogens (tertiary/aromatic N) is 1. The Morgan fingerprint density at radius 1 is 1.21 bits per heavy atom. The number of H-pyrrole nitrogens is 1. The van der Waals surface area contributed by atoms with E-state index in [-0.39, 0.29) is 23.6 Å². The number of hydrogen-bond acceptors (Lipinski definition) is 3. The molecule has 0 aliphatic rings. The third-order valence-corrected chi connectivity index (χ3v) is 3.99. The standard InChI is InChI=1S/C18H15ClN2O3/c1-9-5-10(2)20-15(6-9)18(24)17-13(8-16(22)23)12-7-11(19)3-4-14(12)21-17/h3-7,21H,8H2,1-2H3,(H,22,23). The molecular formula is C18H15ClN2O3. The maximum atomic E-state index is 12.9. The first-order valence-electron chi connectivity index (χ1n) is 7.37. The van der Waals surface area contributed by atoms with Gasteiger partial charge < -0.3 is 10.1 Å². The summed E-state index contributed by atoms with van der Waals surface area (Å²) >= 11 is 6.02. The lowest BCUT2D eigenvalue weighted by Gasteiger charge is -2.04. The zero-order chi connectivity index (χ0) is 17.4. The van der Waals surface area contributed by atoms with Gasteiger partial charge in [0.05, 0.1) is 12.1 Å². The Kier molecular flexibility index (Phi) is 4.11. The van der Waals surface area contributed by atoms with Crippen LogP contribution < -0.4 is 0 Å². The molecule has 3 aromatic rings. The molecule has 6 heteroatoms. The van der Waals surface area contributed by atoms with Crippen molar-refractivity contribution in [3.05, 3.63) is 63.6 Å². The minimum Gasteiger partial charge on any atom is -0.481 e. The van der Waals surface area contributed by atoms with Crippen LogP contribution in [0.2, 0.25) is 5.02 Å². The SMILES string of the molecule is Cc1cc(C)nc(C(=O)c2[nH]c3ccc(Cl)cc3c2CC(=O)O)c1. The van der Waals surface area contributed by atoms with Crippen molar-refractivity contribution in [1.82, 2.24) is 9.97 Å². The second kappa shape index (κ2) is 6.09. The number of benzene rings is 1. The van der Waals surface area contributed by atoms with E-state index in [4.69, 9.17) is 11.6 Å². The van der Waals surface area contributed by atoms with E-state index in [1.807, 2.05) is 19.9 Å². The lowest BCUT2D eigenvalue weighted by molar-refractivity contribution is -0.136. The van der Waals surface area contributed by atoms with Gasteiger partial charge in [-0.25, -0.2) is 4.98 Å². The van der Waals surface area contributed by atoms with Crippen LogP contribution in [0.15, 0.2) is 30.3 Å². The molecule has 122 valence electrons. The molecule has 2 aromatic heterocycles. The molecule has 0 atom stereocenters. The highest BCUT2D eigenvalue weighted by Gasteiger charge is 2.22. The van der Waals surface area contributed by atoms with E-state index < -0.39 is 5.97 Å². The first-order valence-corrected chi connectivity index (χ1v) is 7.75. The molecule has 0 bridgehead atoms. The van der Waals surface area contributed by atoms with Crippen LogP contribution in [0.25, 0.3) is 10.9 Å². The fraction of sp³-hybridized carbons (Fsp3) is 0.167. The lowest BCUT2D eigenvalue weighted by Crippen LogP contribution is -2.11. The molecule has 0 saturated carbocycles. The molecule has 0 amide bonds. The molecule has 1 aromatic carbocycles. The van der Waals surface area contributed by atoms with Gasteiger partial charge >= 0.3 is 5.97 Å². The Morgan fingerprint density at radius 2 is 1.96 bits per heavy atom. The number of aromatic nitrogens is 2. The van der Waals surface area contributed by atoms with Gasteiger partial charge in [0.2, 0.25) is 5.78 Å². The van der Waals surface area contributed by atoms with Crippen molar-refractivity contribution in [2.45, 2.75) is 20.3 Å². The van der Waals surface area contributed by atoms with Gasteiger partial charge in [0.15, 0.2) is 0 Å². The number of fused-ring (bicyclic) bond motifs is 1. The van der Waals surface area contributed by atoms with Gasteiger partial charge in [-0.3, -0.25) is 9.59 Å². The summed E-state index contributed by atoms with van der Waals surface area (Å²) in [5.74, 6) is -1.34. The molecule has 0 radical (unpaired) electrons. The molecule has 0 unspecified atom stereocenters. The summed E-state index contributed by atoms with van der Waals surface area (Å²) in [7, 11) is 0. The number of aromatic amines is 1. The number of carbonyl (C=O) groups is 2. The summed E-state index contributed by atoms with van der Waals surface area (Å²) in [6.45, 7) is 3.70. The fourth-order valence-corrected chi connectivity index (χ4v) is 3.01. The Hall–Kier alpha value is -2.66. The minimum atomic E-state index is -1.02. The third kappa shape index (κ3) is 3.03. The number of carboxylic acid groups (broad SMARTS) is 1. The summed E-state index contributed by atoms with van der Waals surface area (Å²) in [4.78, 5) is 31.4. The lowest BCUT2D eigenvalue weighted by atomic mass is 10.0. The Labute approximate surface area is 143 Å². The third-order valence-electron chi connectivity index (χ3n) is 3.75. The van der Waals surface area contributed by atoms with Crippen molar-refractivity contribution in [3.8, 4) is 0 Å². The molecule has 0 aliphatic carbocycles. The highest BCUT2D eigenvalue weighted by atomic mass is 35.5. The molecule has 0 saturated heterocycles. The number of hydrogen-bond donors (Lipinski definition) is 2. The number of halogens is 1. The molecule has 0 aliphatic heterocycles. The molecule has 0 fully saturated rings. The van der Waals surface area contributed by atoms with E-state index in [0.717, 1.165) is 11.3 Å². The quantitative estimate of drug-likeness (QED) is 0.708. The van der Waals surface area contributed by atoms with Crippen molar-refractivity contribution in [2.75, 3.05) is 0 Å². The zero-order valence-corrected chi connectivity index (χ0v) is 13.9. The second-order valence-electron chi connectivity index (χ2n) is 5.74. The molecule has 0 spiro atoms. The Bertz CT molecular complexity index is 956. The number of carbonyl (C=O) groups excluding carboxylic acids is 1. The zero-order valence-electron chi connectivity index (χ0n) is 13.2. The van der Waals surface area contributed by atoms with Gasteiger partial charge in [0.25, 0.3) is 0 Å². The van der Waals surface area contributed by atoms with Crippen LogP contribution in [-0.2, 0) is 11.2 Å². The maximum absolute atomic E-state index is 12.9.